The van der Waals surface area contributed by atoms with Gasteiger partial charge in [0, 0.05) is 36.1 Å². The maximum Gasteiger partial charge on any atom is 0.150 e. The first kappa shape index (κ1) is 13.5. The van der Waals surface area contributed by atoms with E-state index in [0.29, 0.717) is 0 Å². The van der Waals surface area contributed by atoms with Gasteiger partial charge in [0.2, 0.25) is 0 Å². The van der Waals surface area contributed by atoms with Gasteiger partial charge in [-0.2, -0.15) is 5.10 Å². The number of aromatic amines is 2. The number of fused-ring (bicyclic) bond motifs is 3. The number of rotatable bonds is 4. The zero-order valence-corrected chi connectivity index (χ0v) is 12.9. The van der Waals surface area contributed by atoms with E-state index in [2.05, 4.69) is 49.3 Å². The van der Waals surface area contributed by atoms with E-state index in [1.165, 1.54) is 22.2 Å². The Morgan fingerprint density at radius 3 is 3.05 bits per heavy atom. The molecule has 3 heterocycles. The second kappa shape index (κ2) is 5.57. The van der Waals surface area contributed by atoms with Crippen molar-refractivity contribution < 1.29 is 0 Å². The molecule has 1 aliphatic rings. The first-order chi connectivity index (χ1) is 10.8. The lowest BCUT2D eigenvalue weighted by Crippen LogP contribution is -2.31. The van der Waals surface area contributed by atoms with Crippen LogP contribution in [0.3, 0.4) is 0 Å². The molecule has 3 aromatic rings. The van der Waals surface area contributed by atoms with Gasteiger partial charge in [0.1, 0.15) is 5.82 Å². The Morgan fingerprint density at radius 1 is 1.27 bits per heavy atom. The molecule has 0 spiro atoms. The van der Waals surface area contributed by atoms with Gasteiger partial charge in [0.15, 0.2) is 5.82 Å². The monoisotopic (exact) mass is 295 g/mol. The Bertz CT molecular complexity index is 785. The highest BCUT2D eigenvalue weighted by molar-refractivity contribution is 5.84. The first-order valence-electron chi connectivity index (χ1n) is 7.98. The van der Waals surface area contributed by atoms with E-state index in [1.54, 1.807) is 0 Å². The SMILES string of the molecule is Cc1nc(CCCN2CCc3c([nH]c4ccccc34)C2)n[nH]1. The first-order valence-corrected chi connectivity index (χ1v) is 7.98. The number of H-pyrrole nitrogens is 2. The minimum atomic E-state index is 0.899. The molecule has 0 bridgehead atoms. The Kier molecular flexibility index (Phi) is 3.42. The quantitative estimate of drug-likeness (QED) is 0.777. The number of aryl methyl sites for hydroxylation is 2. The van der Waals surface area contributed by atoms with Crippen LogP contribution in [-0.2, 0) is 19.4 Å². The van der Waals surface area contributed by atoms with Gasteiger partial charge in [-0.3, -0.25) is 10.00 Å². The molecule has 2 N–H and O–H groups in total. The van der Waals surface area contributed by atoms with Crippen molar-refractivity contribution in [3.63, 3.8) is 0 Å². The summed E-state index contributed by atoms with van der Waals surface area (Å²) >= 11 is 0. The highest BCUT2D eigenvalue weighted by atomic mass is 15.2. The minimum absolute atomic E-state index is 0.899. The standard InChI is InChI=1S/C17H21N5/c1-12-18-17(21-20-12)7-4-9-22-10-8-14-13-5-2-3-6-15(13)19-16(14)11-22/h2-3,5-6,19H,4,7-11H2,1H3,(H,18,20,21). The fourth-order valence-corrected chi connectivity index (χ4v) is 3.40. The van der Waals surface area contributed by atoms with Gasteiger partial charge in [-0.25, -0.2) is 4.98 Å². The van der Waals surface area contributed by atoms with Crippen LogP contribution in [0.5, 0.6) is 0 Å². The maximum atomic E-state index is 4.37. The van der Waals surface area contributed by atoms with E-state index < -0.39 is 0 Å². The molecule has 0 radical (unpaired) electrons. The Hall–Kier alpha value is -2.14. The summed E-state index contributed by atoms with van der Waals surface area (Å²) in [7, 11) is 0. The van der Waals surface area contributed by atoms with Gasteiger partial charge in [0.25, 0.3) is 0 Å². The van der Waals surface area contributed by atoms with Crippen molar-refractivity contribution in [2.45, 2.75) is 32.7 Å². The minimum Gasteiger partial charge on any atom is -0.357 e. The molecule has 5 nitrogen and oxygen atoms in total. The van der Waals surface area contributed by atoms with Crippen LogP contribution in [0.1, 0.15) is 29.3 Å². The fraction of sp³-hybridized carbons (Fsp3) is 0.412. The van der Waals surface area contributed by atoms with Crippen molar-refractivity contribution in [2.75, 3.05) is 13.1 Å². The molecule has 2 aromatic heterocycles. The number of hydrogen-bond acceptors (Lipinski definition) is 3. The van der Waals surface area contributed by atoms with Gasteiger partial charge in [-0.1, -0.05) is 18.2 Å². The zero-order chi connectivity index (χ0) is 14.9. The highest BCUT2D eigenvalue weighted by Crippen LogP contribution is 2.27. The van der Waals surface area contributed by atoms with Gasteiger partial charge in [0.05, 0.1) is 0 Å². The summed E-state index contributed by atoms with van der Waals surface area (Å²) in [5.74, 6) is 1.83. The number of benzene rings is 1. The van der Waals surface area contributed by atoms with Crippen molar-refractivity contribution in [1.82, 2.24) is 25.1 Å². The van der Waals surface area contributed by atoms with Crippen molar-refractivity contribution in [3.05, 3.63) is 47.2 Å². The Labute approximate surface area is 129 Å². The summed E-state index contributed by atoms with van der Waals surface area (Å²) in [5, 5.41) is 8.50. The molecule has 1 aliphatic heterocycles. The molecule has 0 aliphatic carbocycles. The predicted octanol–water partition coefficient (Wildman–Crippen LogP) is 2.59. The molecule has 5 heteroatoms. The fourth-order valence-electron chi connectivity index (χ4n) is 3.40. The van der Waals surface area contributed by atoms with Crippen LogP contribution < -0.4 is 0 Å². The number of aromatic nitrogens is 4. The number of hydrogen-bond donors (Lipinski definition) is 2. The van der Waals surface area contributed by atoms with Crippen LogP contribution in [0.15, 0.2) is 24.3 Å². The van der Waals surface area contributed by atoms with Gasteiger partial charge >= 0.3 is 0 Å². The molecule has 4 rings (SSSR count). The third-order valence-corrected chi connectivity index (χ3v) is 4.48. The summed E-state index contributed by atoms with van der Waals surface area (Å²) in [6.45, 7) is 5.21. The van der Waals surface area contributed by atoms with E-state index in [1.807, 2.05) is 6.92 Å². The van der Waals surface area contributed by atoms with E-state index in [-0.39, 0.29) is 0 Å². The van der Waals surface area contributed by atoms with Gasteiger partial charge in [-0.05, 0) is 37.9 Å². The molecule has 0 atom stereocenters. The van der Waals surface area contributed by atoms with Crippen LogP contribution in [0.4, 0.5) is 0 Å². The molecule has 114 valence electrons. The summed E-state index contributed by atoms with van der Waals surface area (Å²) in [4.78, 5) is 10.5. The van der Waals surface area contributed by atoms with E-state index in [4.69, 9.17) is 0 Å². The van der Waals surface area contributed by atoms with E-state index in [0.717, 1.165) is 50.5 Å². The predicted molar refractivity (Wildman–Crippen MR) is 86.7 cm³/mol. The molecule has 0 saturated heterocycles. The van der Waals surface area contributed by atoms with Gasteiger partial charge < -0.3 is 4.98 Å². The molecule has 0 fully saturated rings. The van der Waals surface area contributed by atoms with Crippen LogP contribution in [-0.4, -0.2) is 38.2 Å². The molecule has 0 saturated carbocycles. The molecular weight excluding hydrogens is 274 g/mol. The number of para-hydroxylation sites is 1. The number of nitrogens with one attached hydrogen (secondary N) is 2. The Morgan fingerprint density at radius 2 is 2.18 bits per heavy atom. The third kappa shape index (κ3) is 2.52. The van der Waals surface area contributed by atoms with Gasteiger partial charge in [-0.15, -0.1) is 0 Å². The second-order valence-corrected chi connectivity index (χ2v) is 6.09. The third-order valence-electron chi connectivity index (χ3n) is 4.48. The van der Waals surface area contributed by atoms with Crippen molar-refractivity contribution in [1.29, 1.82) is 0 Å². The van der Waals surface area contributed by atoms with Crippen molar-refractivity contribution in [3.8, 4) is 0 Å². The van der Waals surface area contributed by atoms with Crippen LogP contribution in [0, 0.1) is 6.92 Å². The summed E-state index contributed by atoms with van der Waals surface area (Å²) in [6, 6.07) is 8.62. The molecule has 1 aromatic carbocycles. The molecular formula is C17H21N5. The molecule has 22 heavy (non-hydrogen) atoms. The number of nitrogens with zero attached hydrogens (tertiary/aromatic N) is 3. The topological polar surface area (TPSA) is 60.6 Å². The normalized spacial score (nSPS) is 15.3. The lowest BCUT2D eigenvalue weighted by Gasteiger charge is -2.26. The van der Waals surface area contributed by atoms with E-state index >= 15 is 0 Å². The molecule has 0 amide bonds. The second-order valence-electron chi connectivity index (χ2n) is 6.09. The summed E-state index contributed by atoms with van der Waals surface area (Å²) in [6.07, 6.45) is 3.19. The van der Waals surface area contributed by atoms with Crippen LogP contribution in [0.25, 0.3) is 10.9 Å². The average Bonchev–Trinajstić information content (AvgIpc) is 3.10. The summed E-state index contributed by atoms with van der Waals surface area (Å²) in [5.41, 5.74) is 4.17. The van der Waals surface area contributed by atoms with Crippen LogP contribution >= 0.6 is 0 Å². The smallest absolute Gasteiger partial charge is 0.150 e. The largest absolute Gasteiger partial charge is 0.357 e. The highest BCUT2D eigenvalue weighted by Gasteiger charge is 2.19. The average molecular weight is 295 g/mol. The maximum absolute atomic E-state index is 4.37. The van der Waals surface area contributed by atoms with E-state index in [9.17, 15) is 0 Å². The lowest BCUT2D eigenvalue weighted by atomic mass is 10.0. The summed E-state index contributed by atoms with van der Waals surface area (Å²) < 4.78 is 0. The van der Waals surface area contributed by atoms with Crippen LogP contribution in [0.2, 0.25) is 0 Å². The lowest BCUT2D eigenvalue weighted by molar-refractivity contribution is 0.248. The zero-order valence-electron chi connectivity index (χ0n) is 12.9. The Balaban J connectivity index is 1.39. The molecule has 0 unspecified atom stereocenters. The van der Waals surface area contributed by atoms with Crippen molar-refractivity contribution >= 4 is 10.9 Å². The van der Waals surface area contributed by atoms with Crippen molar-refractivity contribution in [2.24, 2.45) is 0 Å².